The normalized spacial score (nSPS) is 11.7. The molecular formula is C10H14BrFN2O2S. The second kappa shape index (κ2) is 6.44. The van der Waals surface area contributed by atoms with Gasteiger partial charge in [0.1, 0.15) is 5.82 Å². The van der Waals surface area contributed by atoms with Crippen molar-refractivity contribution >= 4 is 26.0 Å². The first-order valence-corrected chi connectivity index (χ1v) is 7.40. The molecule has 17 heavy (non-hydrogen) atoms. The van der Waals surface area contributed by atoms with E-state index in [1.165, 1.54) is 12.1 Å². The zero-order chi connectivity index (χ0) is 12.9. The molecule has 2 N–H and O–H groups in total. The van der Waals surface area contributed by atoms with E-state index in [-0.39, 0.29) is 11.4 Å². The molecule has 96 valence electrons. The molecule has 4 nitrogen and oxygen atoms in total. The first-order chi connectivity index (χ1) is 7.97. The van der Waals surface area contributed by atoms with Gasteiger partial charge in [-0.05, 0) is 40.7 Å². The lowest BCUT2D eigenvalue weighted by Crippen LogP contribution is -2.32. The molecule has 1 rings (SSSR count). The summed E-state index contributed by atoms with van der Waals surface area (Å²) in [5.41, 5.74) is 0. The summed E-state index contributed by atoms with van der Waals surface area (Å²) in [6.07, 6.45) is 0. The fraction of sp³-hybridized carbons (Fsp3) is 0.400. The number of hydrogen-bond acceptors (Lipinski definition) is 3. The molecule has 0 unspecified atom stereocenters. The van der Waals surface area contributed by atoms with Crippen molar-refractivity contribution in [3.63, 3.8) is 0 Å². The molecule has 0 bridgehead atoms. The highest BCUT2D eigenvalue weighted by Gasteiger charge is 2.17. The molecule has 0 spiro atoms. The van der Waals surface area contributed by atoms with Crippen LogP contribution in [0.25, 0.3) is 0 Å². The number of hydrogen-bond donors (Lipinski definition) is 2. The minimum Gasteiger partial charge on any atom is -0.316 e. The van der Waals surface area contributed by atoms with Gasteiger partial charge in [-0.1, -0.05) is 6.92 Å². The van der Waals surface area contributed by atoms with Crippen molar-refractivity contribution in [1.29, 1.82) is 0 Å². The van der Waals surface area contributed by atoms with E-state index < -0.39 is 15.8 Å². The van der Waals surface area contributed by atoms with Crippen LogP contribution in [0.5, 0.6) is 0 Å². The van der Waals surface area contributed by atoms with Crippen LogP contribution < -0.4 is 10.0 Å². The summed E-state index contributed by atoms with van der Waals surface area (Å²) in [6, 6.07) is 3.55. The van der Waals surface area contributed by atoms with Crippen LogP contribution in [0, 0.1) is 5.82 Å². The second-order valence-electron chi connectivity index (χ2n) is 3.33. The summed E-state index contributed by atoms with van der Waals surface area (Å²) in [5.74, 6) is -0.583. The van der Waals surface area contributed by atoms with Crippen molar-refractivity contribution in [3.05, 3.63) is 28.5 Å². The Morgan fingerprint density at radius 1 is 1.35 bits per heavy atom. The van der Waals surface area contributed by atoms with Gasteiger partial charge in [0.2, 0.25) is 10.0 Å². The van der Waals surface area contributed by atoms with Crippen molar-refractivity contribution < 1.29 is 12.8 Å². The summed E-state index contributed by atoms with van der Waals surface area (Å²) in [7, 11) is -3.67. The van der Waals surface area contributed by atoms with E-state index in [1.807, 2.05) is 6.92 Å². The van der Waals surface area contributed by atoms with Crippen LogP contribution in [0.4, 0.5) is 4.39 Å². The highest BCUT2D eigenvalue weighted by atomic mass is 79.9. The van der Waals surface area contributed by atoms with Crippen molar-refractivity contribution in [2.24, 2.45) is 0 Å². The summed E-state index contributed by atoms with van der Waals surface area (Å²) in [5, 5.41) is 2.99. The Morgan fingerprint density at radius 2 is 2.06 bits per heavy atom. The third-order valence-corrected chi connectivity index (χ3v) is 4.48. The number of sulfonamides is 1. The first kappa shape index (κ1) is 14.6. The zero-order valence-corrected chi connectivity index (χ0v) is 11.7. The van der Waals surface area contributed by atoms with E-state index in [0.29, 0.717) is 11.0 Å². The molecular weight excluding hydrogens is 311 g/mol. The average molecular weight is 325 g/mol. The maximum absolute atomic E-state index is 13.0. The standard InChI is InChI=1S/C10H14BrFN2O2S/c1-2-13-5-6-14-17(15,16)10-7-8(12)3-4-9(10)11/h3-4,7,13-14H,2,5-6H2,1H3. The topological polar surface area (TPSA) is 58.2 Å². The molecule has 0 aliphatic carbocycles. The van der Waals surface area contributed by atoms with Crippen molar-refractivity contribution in [3.8, 4) is 0 Å². The van der Waals surface area contributed by atoms with E-state index in [4.69, 9.17) is 0 Å². The third-order valence-electron chi connectivity index (χ3n) is 2.03. The average Bonchev–Trinajstić information content (AvgIpc) is 2.28. The molecule has 0 saturated carbocycles. The van der Waals surface area contributed by atoms with Gasteiger partial charge >= 0.3 is 0 Å². The van der Waals surface area contributed by atoms with E-state index in [2.05, 4.69) is 26.0 Å². The maximum atomic E-state index is 13.0. The first-order valence-electron chi connectivity index (χ1n) is 5.13. The predicted molar refractivity (Wildman–Crippen MR) is 67.8 cm³/mol. The third kappa shape index (κ3) is 4.34. The van der Waals surface area contributed by atoms with Gasteiger partial charge in [-0.2, -0.15) is 0 Å². The number of benzene rings is 1. The summed E-state index contributed by atoms with van der Waals surface area (Å²) < 4.78 is 39.4. The smallest absolute Gasteiger partial charge is 0.241 e. The predicted octanol–water partition coefficient (Wildman–Crippen LogP) is 1.48. The van der Waals surface area contributed by atoms with Gasteiger partial charge in [0.15, 0.2) is 0 Å². The summed E-state index contributed by atoms with van der Waals surface area (Å²) >= 11 is 3.09. The number of rotatable bonds is 6. The van der Waals surface area contributed by atoms with Crippen LogP contribution in [0.2, 0.25) is 0 Å². The fourth-order valence-electron chi connectivity index (χ4n) is 1.21. The molecule has 0 fully saturated rings. The van der Waals surface area contributed by atoms with E-state index in [1.54, 1.807) is 0 Å². The lowest BCUT2D eigenvalue weighted by molar-refractivity contribution is 0.573. The monoisotopic (exact) mass is 324 g/mol. The van der Waals surface area contributed by atoms with Gasteiger partial charge in [-0.25, -0.2) is 17.5 Å². The maximum Gasteiger partial charge on any atom is 0.241 e. The minimum atomic E-state index is -3.67. The van der Waals surface area contributed by atoms with Crippen LogP contribution in [0.15, 0.2) is 27.6 Å². The van der Waals surface area contributed by atoms with Crippen LogP contribution >= 0.6 is 15.9 Å². The summed E-state index contributed by atoms with van der Waals surface area (Å²) in [6.45, 7) is 3.49. The molecule has 0 atom stereocenters. The molecule has 0 aliphatic rings. The van der Waals surface area contributed by atoms with Crippen LogP contribution in [0.1, 0.15) is 6.92 Å². The number of halogens is 2. The number of likely N-dealkylation sites (N-methyl/N-ethyl adjacent to an activating group) is 1. The lowest BCUT2D eigenvalue weighted by Gasteiger charge is -2.08. The van der Waals surface area contributed by atoms with Crippen LogP contribution in [-0.4, -0.2) is 28.1 Å². The molecule has 0 amide bonds. The molecule has 0 heterocycles. The second-order valence-corrected chi connectivity index (χ2v) is 5.92. The Morgan fingerprint density at radius 3 is 2.71 bits per heavy atom. The van der Waals surface area contributed by atoms with Crippen LogP contribution in [-0.2, 0) is 10.0 Å². The number of nitrogens with one attached hydrogen (secondary N) is 2. The van der Waals surface area contributed by atoms with Gasteiger partial charge in [-0.15, -0.1) is 0 Å². The molecule has 0 radical (unpaired) electrons. The highest BCUT2D eigenvalue weighted by molar-refractivity contribution is 9.10. The minimum absolute atomic E-state index is 0.0889. The Hall–Kier alpha value is -0.500. The Kier molecular flexibility index (Phi) is 5.51. The van der Waals surface area contributed by atoms with Crippen LogP contribution in [0.3, 0.4) is 0 Å². The summed E-state index contributed by atoms with van der Waals surface area (Å²) in [4.78, 5) is -0.0889. The van der Waals surface area contributed by atoms with E-state index >= 15 is 0 Å². The van der Waals surface area contributed by atoms with Gasteiger partial charge in [0, 0.05) is 17.6 Å². The van der Waals surface area contributed by atoms with E-state index in [9.17, 15) is 12.8 Å². The molecule has 0 saturated heterocycles. The molecule has 0 aliphatic heterocycles. The van der Waals surface area contributed by atoms with Crippen molar-refractivity contribution in [2.75, 3.05) is 19.6 Å². The zero-order valence-electron chi connectivity index (χ0n) is 9.33. The largest absolute Gasteiger partial charge is 0.316 e. The Balaban J connectivity index is 2.79. The van der Waals surface area contributed by atoms with Crippen molar-refractivity contribution in [2.45, 2.75) is 11.8 Å². The van der Waals surface area contributed by atoms with Gasteiger partial charge in [0.05, 0.1) is 4.90 Å². The fourth-order valence-corrected chi connectivity index (χ4v) is 3.22. The van der Waals surface area contributed by atoms with Gasteiger partial charge in [0.25, 0.3) is 0 Å². The van der Waals surface area contributed by atoms with Gasteiger partial charge < -0.3 is 5.32 Å². The molecule has 1 aromatic rings. The molecule has 0 aromatic heterocycles. The lowest BCUT2D eigenvalue weighted by atomic mass is 10.3. The Labute approximate surface area is 109 Å². The SMILES string of the molecule is CCNCCNS(=O)(=O)c1cc(F)ccc1Br. The molecule has 7 heteroatoms. The molecule has 1 aromatic carbocycles. The quantitative estimate of drug-likeness (QED) is 0.779. The van der Waals surface area contributed by atoms with Gasteiger partial charge in [-0.3, -0.25) is 0 Å². The van der Waals surface area contributed by atoms with E-state index in [0.717, 1.165) is 12.6 Å². The highest BCUT2D eigenvalue weighted by Crippen LogP contribution is 2.22. The van der Waals surface area contributed by atoms with Crippen molar-refractivity contribution in [1.82, 2.24) is 10.0 Å². The Bertz CT molecular complexity index is 479.